The number of halogens is 1. The summed E-state index contributed by atoms with van der Waals surface area (Å²) in [5.41, 5.74) is 5.60. The first-order chi connectivity index (χ1) is 14.0. The predicted molar refractivity (Wildman–Crippen MR) is 115 cm³/mol. The normalized spacial score (nSPS) is 18.3. The summed E-state index contributed by atoms with van der Waals surface area (Å²) in [6.07, 6.45) is 5.33. The van der Waals surface area contributed by atoms with Gasteiger partial charge in [0, 0.05) is 17.1 Å². The minimum Gasteiger partial charge on any atom is -0.455 e. The first-order valence-electron chi connectivity index (χ1n) is 9.60. The zero-order valence-corrected chi connectivity index (χ0v) is 17.4. The van der Waals surface area contributed by atoms with Gasteiger partial charge >= 0.3 is 0 Å². The number of H-pyrrole nitrogens is 1. The molecule has 5 rings (SSSR count). The predicted octanol–water partition coefficient (Wildman–Crippen LogP) is 5.30. The van der Waals surface area contributed by atoms with Crippen LogP contribution in [0.15, 0.2) is 30.5 Å². The molecule has 3 aromatic rings. The maximum atomic E-state index is 12.0. The Hall–Kier alpha value is -2.44. The molecule has 1 fully saturated rings. The van der Waals surface area contributed by atoms with Gasteiger partial charge < -0.3 is 9.72 Å². The molecule has 1 unspecified atom stereocenters. The summed E-state index contributed by atoms with van der Waals surface area (Å²) < 4.78 is 6.26. The molecule has 2 heterocycles. The summed E-state index contributed by atoms with van der Waals surface area (Å²) >= 11 is 7.69. The number of carbonyl (C=O) groups excluding carboxylic acids is 2. The first kappa shape index (κ1) is 18.6. The van der Waals surface area contributed by atoms with Gasteiger partial charge in [-0.1, -0.05) is 23.4 Å². The van der Waals surface area contributed by atoms with Crippen molar-refractivity contribution in [3.05, 3.63) is 57.7 Å². The number of aryl methyl sites for hydroxylation is 1. The highest BCUT2D eigenvalue weighted by molar-refractivity contribution is 8.15. The molecule has 1 aliphatic heterocycles. The molecule has 0 radical (unpaired) electrons. The lowest BCUT2D eigenvalue weighted by Crippen LogP contribution is -2.25. The van der Waals surface area contributed by atoms with Crippen LogP contribution < -0.4 is 10.1 Å². The Labute approximate surface area is 177 Å². The van der Waals surface area contributed by atoms with E-state index in [1.165, 1.54) is 11.1 Å². The van der Waals surface area contributed by atoms with Crippen molar-refractivity contribution >= 4 is 45.4 Å². The van der Waals surface area contributed by atoms with Crippen molar-refractivity contribution in [3.8, 4) is 11.5 Å². The monoisotopic (exact) mass is 426 g/mol. The summed E-state index contributed by atoms with van der Waals surface area (Å²) in [6.45, 7) is 2.06. The SMILES string of the molecule is Cc1c[nH]c2ccc(Oc3c(Cl)cc(CC4SC(=O)NC4=O)c4c3CCC4)cc12. The molecule has 1 atom stereocenters. The van der Waals surface area contributed by atoms with Crippen LogP contribution in [0.1, 0.15) is 28.7 Å². The number of amides is 2. The van der Waals surface area contributed by atoms with Gasteiger partial charge in [-0.3, -0.25) is 14.9 Å². The van der Waals surface area contributed by atoms with Crippen LogP contribution >= 0.6 is 23.4 Å². The van der Waals surface area contributed by atoms with Crippen LogP contribution in [-0.2, 0) is 24.1 Å². The molecule has 1 aliphatic carbocycles. The van der Waals surface area contributed by atoms with Crippen molar-refractivity contribution in [2.75, 3.05) is 0 Å². The van der Waals surface area contributed by atoms with Crippen LogP contribution in [0.4, 0.5) is 4.79 Å². The molecule has 2 amide bonds. The van der Waals surface area contributed by atoms with Crippen LogP contribution in [0, 0.1) is 6.92 Å². The van der Waals surface area contributed by atoms with Gasteiger partial charge in [-0.2, -0.15) is 0 Å². The van der Waals surface area contributed by atoms with Crippen molar-refractivity contribution in [2.24, 2.45) is 0 Å². The number of fused-ring (bicyclic) bond motifs is 2. The Bertz CT molecular complexity index is 1170. The zero-order valence-electron chi connectivity index (χ0n) is 15.8. The third kappa shape index (κ3) is 3.30. The molecule has 2 N–H and O–H groups in total. The van der Waals surface area contributed by atoms with Crippen LogP contribution in [0.25, 0.3) is 10.9 Å². The number of ether oxygens (including phenoxy) is 1. The summed E-state index contributed by atoms with van der Waals surface area (Å²) in [4.78, 5) is 26.7. The second-order valence-electron chi connectivity index (χ2n) is 7.53. The number of rotatable bonds is 4. The summed E-state index contributed by atoms with van der Waals surface area (Å²) in [6, 6.07) is 7.87. The molecule has 0 spiro atoms. The minimum atomic E-state index is -0.394. The summed E-state index contributed by atoms with van der Waals surface area (Å²) in [7, 11) is 0. The fourth-order valence-electron chi connectivity index (χ4n) is 4.24. The lowest BCUT2D eigenvalue weighted by atomic mass is 9.98. The molecule has 2 aromatic carbocycles. The highest BCUT2D eigenvalue weighted by Crippen LogP contribution is 2.42. The lowest BCUT2D eigenvalue weighted by molar-refractivity contribution is -0.118. The highest BCUT2D eigenvalue weighted by Gasteiger charge is 2.33. The number of aromatic nitrogens is 1. The summed E-state index contributed by atoms with van der Waals surface area (Å²) in [5.74, 6) is 1.23. The Balaban J connectivity index is 1.49. The third-order valence-corrected chi connectivity index (χ3v) is 6.91. The molecule has 148 valence electrons. The molecule has 0 saturated carbocycles. The zero-order chi connectivity index (χ0) is 20.1. The molecule has 1 aromatic heterocycles. The maximum absolute atomic E-state index is 12.0. The number of aromatic amines is 1. The van der Waals surface area contributed by atoms with Crippen molar-refractivity contribution in [1.82, 2.24) is 10.3 Å². The fraction of sp³-hybridized carbons (Fsp3) is 0.273. The van der Waals surface area contributed by atoms with E-state index >= 15 is 0 Å². The lowest BCUT2D eigenvalue weighted by Gasteiger charge is -2.17. The Morgan fingerprint density at radius 1 is 1.21 bits per heavy atom. The largest absolute Gasteiger partial charge is 0.455 e. The molecular weight excluding hydrogens is 408 g/mol. The smallest absolute Gasteiger partial charge is 0.286 e. The van der Waals surface area contributed by atoms with E-state index in [2.05, 4.69) is 17.2 Å². The second-order valence-corrected chi connectivity index (χ2v) is 9.11. The van der Waals surface area contributed by atoms with Gasteiger partial charge in [-0.15, -0.1) is 0 Å². The Kier molecular flexibility index (Phi) is 4.56. The van der Waals surface area contributed by atoms with E-state index in [1.54, 1.807) is 0 Å². The van der Waals surface area contributed by atoms with E-state index in [-0.39, 0.29) is 11.1 Å². The highest BCUT2D eigenvalue weighted by atomic mass is 35.5. The van der Waals surface area contributed by atoms with E-state index in [0.717, 1.165) is 58.8 Å². The van der Waals surface area contributed by atoms with E-state index in [4.69, 9.17) is 16.3 Å². The number of imide groups is 1. The van der Waals surface area contributed by atoms with Crippen molar-refractivity contribution < 1.29 is 14.3 Å². The van der Waals surface area contributed by atoms with Crippen LogP contribution in [0.3, 0.4) is 0 Å². The second kappa shape index (κ2) is 7.11. The average Bonchev–Trinajstić information content (AvgIpc) is 3.39. The number of hydrogen-bond donors (Lipinski definition) is 2. The van der Waals surface area contributed by atoms with Gasteiger partial charge in [-0.25, -0.2) is 0 Å². The van der Waals surface area contributed by atoms with Gasteiger partial charge in [0.1, 0.15) is 11.5 Å². The van der Waals surface area contributed by atoms with E-state index in [9.17, 15) is 9.59 Å². The van der Waals surface area contributed by atoms with Crippen molar-refractivity contribution in [2.45, 2.75) is 37.9 Å². The summed E-state index contributed by atoms with van der Waals surface area (Å²) in [5, 5.41) is 3.35. The molecule has 1 saturated heterocycles. The molecule has 29 heavy (non-hydrogen) atoms. The standard InChI is InChI=1S/C22H19ClN2O3S/c1-11-10-24-18-6-5-13(9-16(11)18)28-20-15-4-2-3-14(15)12(7-17(20)23)8-19-21(26)25-22(27)29-19/h5-7,9-10,19,24H,2-4,8H2,1H3,(H,25,26,27). The maximum Gasteiger partial charge on any atom is 0.286 e. The third-order valence-electron chi connectivity index (χ3n) is 5.65. The van der Waals surface area contributed by atoms with Gasteiger partial charge in [0.15, 0.2) is 0 Å². The van der Waals surface area contributed by atoms with Crippen LogP contribution in [0.5, 0.6) is 11.5 Å². The van der Waals surface area contributed by atoms with Gasteiger partial charge in [0.25, 0.3) is 5.24 Å². The van der Waals surface area contributed by atoms with Crippen LogP contribution in [0.2, 0.25) is 5.02 Å². The first-order valence-corrected chi connectivity index (χ1v) is 10.9. The number of thioether (sulfide) groups is 1. The quantitative estimate of drug-likeness (QED) is 0.593. The van der Waals surface area contributed by atoms with Gasteiger partial charge in [0.2, 0.25) is 5.91 Å². The number of carbonyl (C=O) groups is 2. The molecule has 2 aliphatic rings. The molecular formula is C22H19ClN2O3S. The van der Waals surface area contributed by atoms with Crippen molar-refractivity contribution in [3.63, 3.8) is 0 Å². The minimum absolute atomic E-state index is 0.224. The number of hydrogen-bond acceptors (Lipinski definition) is 4. The van der Waals surface area contributed by atoms with Crippen LogP contribution in [-0.4, -0.2) is 21.4 Å². The van der Waals surface area contributed by atoms with Gasteiger partial charge in [-0.05, 0) is 79.1 Å². The topological polar surface area (TPSA) is 71.2 Å². The number of nitrogens with one attached hydrogen (secondary N) is 2. The molecule has 7 heteroatoms. The Morgan fingerprint density at radius 2 is 2.03 bits per heavy atom. The average molecular weight is 427 g/mol. The molecule has 0 bridgehead atoms. The molecule has 5 nitrogen and oxygen atoms in total. The Morgan fingerprint density at radius 3 is 2.83 bits per heavy atom. The van der Waals surface area contributed by atoms with E-state index in [0.29, 0.717) is 17.2 Å². The van der Waals surface area contributed by atoms with E-state index < -0.39 is 5.25 Å². The van der Waals surface area contributed by atoms with E-state index in [1.807, 2.05) is 30.5 Å². The fourth-order valence-corrected chi connectivity index (χ4v) is 5.37. The van der Waals surface area contributed by atoms with Crippen molar-refractivity contribution in [1.29, 1.82) is 0 Å². The number of benzene rings is 2. The van der Waals surface area contributed by atoms with Gasteiger partial charge in [0.05, 0.1) is 10.3 Å².